The van der Waals surface area contributed by atoms with Gasteiger partial charge in [-0.15, -0.1) is 5.11 Å². The molecule has 3 rings (SSSR count). The number of ketones is 1. The third-order valence-electron chi connectivity index (χ3n) is 3.74. The second kappa shape index (κ2) is 4.99. The van der Waals surface area contributed by atoms with Crippen LogP contribution in [0.5, 0.6) is 0 Å². The molecular weight excluding hydrogens is 240 g/mol. The van der Waals surface area contributed by atoms with Gasteiger partial charge in [-0.25, -0.2) is 0 Å². The van der Waals surface area contributed by atoms with Crippen LogP contribution in [-0.2, 0) is 4.79 Å². The fourth-order valence-corrected chi connectivity index (χ4v) is 2.77. The van der Waals surface area contributed by atoms with Crippen molar-refractivity contribution in [1.82, 2.24) is 5.01 Å². The average Bonchev–Trinajstić information content (AvgIpc) is 3.03. The molecule has 0 amide bonds. The molecule has 2 atom stereocenters. The zero-order chi connectivity index (χ0) is 13.2. The quantitative estimate of drug-likeness (QED) is 0.848. The number of para-hydroxylation sites is 1. The summed E-state index contributed by atoms with van der Waals surface area (Å²) in [6.07, 6.45) is 2.08. The van der Waals surface area contributed by atoms with Crippen molar-refractivity contribution in [3.8, 4) is 0 Å². The van der Waals surface area contributed by atoms with Crippen LogP contribution in [0.25, 0.3) is 0 Å². The Bertz CT molecular complexity index is 508. The largest absolute Gasteiger partial charge is 0.361 e. The van der Waals surface area contributed by atoms with E-state index >= 15 is 0 Å². The van der Waals surface area contributed by atoms with E-state index in [9.17, 15) is 4.79 Å². The van der Waals surface area contributed by atoms with Crippen LogP contribution in [0.3, 0.4) is 0 Å². The van der Waals surface area contributed by atoms with Crippen LogP contribution >= 0.6 is 0 Å². The summed E-state index contributed by atoms with van der Waals surface area (Å²) < 4.78 is 0. The fraction of sp³-hybridized carbons (Fsp3) is 0.500. The van der Waals surface area contributed by atoms with Gasteiger partial charge in [0.2, 0.25) is 0 Å². The molecule has 1 aromatic carbocycles. The molecule has 2 heterocycles. The monoisotopic (exact) mass is 258 g/mol. The lowest BCUT2D eigenvalue weighted by atomic mass is 9.96. The third kappa shape index (κ3) is 2.32. The SMILES string of the molecule is CC(=O)C1c2ccccc2NC1/N=N/N1CCCC1. The molecule has 1 saturated heterocycles. The molecule has 2 unspecified atom stereocenters. The molecule has 2 aliphatic rings. The molecule has 1 fully saturated rings. The number of hydrogen-bond acceptors (Lipinski definition) is 4. The van der Waals surface area contributed by atoms with E-state index in [4.69, 9.17) is 0 Å². The summed E-state index contributed by atoms with van der Waals surface area (Å²) in [5.74, 6) is -0.0922. The van der Waals surface area contributed by atoms with Gasteiger partial charge < -0.3 is 5.32 Å². The van der Waals surface area contributed by atoms with Crippen LogP contribution in [0.1, 0.15) is 31.2 Å². The molecule has 2 aliphatic heterocycles. The lowest BCUT2D eigenvalue weighted by Gasteiger charge is -2.14. The summed E-state index contributed by atoms with van der Waals surface area (Å²) in [5, 5.41) is 13.9. The van der Waals surface area contributed by atoms with Crippen molar-refractivity contribution in [2.24, 2.45) is 10.3 Å². The minimum absolute atomic E-state index is 0.128. The molecule has 0 spiro atoms. The minimum atomic E-state index is -0.268. The van der Waals surface area contributed by atoms with Gasteiger partial charge in [0.25, 0.3) is 0 Å². The van der Waals surface area contributed by atoms with Crippen molar-refractivity contribution in [1.29, 1.82) is 0 Å². The summed E-state index contributed by atoms with van der Waals surface area (Å²) in [6, 6.07) is 7.88. The van der Waals surface area contributed by atoms with Gasteiger partial charge in [0.1, 0.15) is 5.78 Å². The first-order valence-electron chi connectivity index (χ1n) is 6.77. The van der Waals surface area contributed by atoms with Crippen LogP contribution < -0.4 is 5.32 Å². The molecule has 0 aromatic heterocycles. The minimum Gasteiger partial charge on any atom is -0.361 e. The van der Waals surface area contributed by atoms with E-state index < -0.39 is 0 Å². The summed E-state index contributed by atoms with van der Waals surface area (Å²) in [5.41, 5.74) is 2.02. The van der Waals surface area contributed by atoms with E-state index in [1.54, 1.807) is 6.92 Å². The number of carbonyl (C=O) groups is 1. The molecular formula is C14H18N4O. The lowest BCUT2D eigenvalue weighted by Crippen LogP contribution is -2.24. The number of carbonyl (C=O) groups excluding carboxylic acids is 1. The number of fused-ring (bicyclic) bond motifs is 1. The molecule has 0 radical (unpaired) electrons. The first-order valence-corrected chi connectivity index (χ1v) is 6.77. The van der Waals surface area contributed by atoms with Gasteiger partial charge in [0.15, 0.2) is 6.17 Å². The van der Waals surface area contributed by atoms with E-state index in [0.717, 1.165) is 24.3 Å². The predicted octanol–water partition coefficient (Wildman–Crippen LogP) is 2.57. The third-order valence-corrected chi connectivity index (χ3v) is 3.74. The van der Waals surface area contributed by atoms with Crippen LogP contribution in [0, 0.1) is 0 Å². The van der Waals surface area contributed by atoms with E-state index in [1.807, 2.05) is 29.3 Å². The van der Waals surface area contributed by atoms with Crippen LogP contribution in [-0.4, -0.2) is 30.0 Å². The van der Waals surface area contributed by atoms with E-state index in [1.165, 1.54) is 12.8 Å². The molecule has 0 aliphatic carbocycles. The van der Waals surface area contributed by atoms with Gasteiger partial charge in [0.05, 0.1) is 5.92 Å². The van der Waals surface area contributed by atoms with Gasteiger partial charge in [-0.3, -0.25) is 9.80 Å². The Balaban J connectivity index is 1.81. The highest BCUT2D eigenvalue weighted by Crippen LogP contribution is 2.37. The van der Waals surface area contributed by atoms with E-state index in [0.29, 0.717) is 0 Å². The first-order chi connectivity index (χ1) is 9.25. The zero-order valence-corrected chi connectivity index (χ0v) is 11.0. The summed E-state index contributed by atoms with van der Waals surface area (Å²) in [7, 11) is 0. The number of benzene rings is 1. The number of nitrogens with one attached hydrogen (secondary N) is 1. The average molecular weight is 258 g/mol. The molecule has 5 nitrogen and oxygen atoms in total. The molecule has 1 N–H and O–H groups in total. The fourth-order valence-electron chi connectivity index (χ4n) is 2.77. The maximum absolute atomic E-state index is 11.9. The highest BCUT2D eigenvalue weighted by molar-refractivity contribution is 5.88. The first kappa shape index (κ1) is 12.1. The summed E-state index contributed by atoms with van der Waals surface area (Å²) in [6.45, 7) is 3.55. The summed E-state index contributed by atoms with van der Waals surface area (Å²) >= 11 is 0. The van der Waals surface area contributed by atoms with Crippen molar-refractivity contribution < 1.29 is 4.79 Å². The van der Waals surface area contributed by atoms with Crippen molar-refractivity contribution >= 4 is 11.5 Å². The number of Topliss-reactive ketones (excluding diaryl/α,β-unsaturated/α-hetero) is 1. The summed E-state index contributed by atoms with van der Waals surface area (Å²) in [4.78, 5) is 11.9. The highest BCUT2D eigenvalue weighted by Gasteiger charge is 2.35. The molecule has 5 heteroatoms. The smallest absolute Gasteiger partial charge is 0.155 e. The topological polar surface area (TPSA) is 57.1 Å². The van der Waals surface area contributed by atoms with Crippen LogP contribution in [0.15, 0.2) is 34.6 Å². The number of hydrogen-bond donors (Lipinski definition) is 1. The molecule has 0 bridgehead atoms. The van der Waals surface area contributed by atoms with Gasteiger partial charge in [-0.1, -0.05) is 23.4 Å². The van der Waals surface area contributed by atoms with Crippen molar-refractivity contribution in [3.05, 3.63) is 29.8 Å². The standard InChI is InChI=1S/C14H18N4O/c1-10(19)13-11-6-2-3-7-12(11)15-14(13)16-17-18-8-4-5-9-18/h2-3,6-7,13-15H,4-5,8-9H2,1H3/b17-16+. The molecule has 19 heavy (non-hydrogen) atoms. The van der Waals surface area contributed by atoms with E-state index in [2.05, 4.69) is 15.7 Å². The van der Waals surface area contributed by atoms with Crippen LogP contribution in [0.4, 0.5) is 5.69 Å². The number of rotatable bonds is 3. The van der Waals surface area contributed by atoms with Crippen molar-refractivity contribution in [2.75, 3.05) is 18.4 Å². The number of anilines is 1. The second-order valence-electron chi connectivity index (χ2n) is 5.13. The Kier molecular flexibility index (Phi) is 3.19. The Labute approximate surface area is 112 Å². The maximum Gasteiger partial charge on any atom is 0.155 e. The maximum atomic E-state index is 11.9. The lowest BCUT2D eigenvalue weighted by molar-refractivity contribution is -0.118. The van der Waals surface area contributed by atoms with Crippen LogP contribution in [0.2, 0.25) is 0 Å². The Morgan fingerprint density at radius 1 is 1.32 bits per heavy atom. The zero-order valence-electron chi connectivity index (χ0n) is 11.0. The van der Waals surface area contributed by atoms with E-state index in [-0.39, 0.29) is 17.9 Å². The normalized spacial score (nSPS) is 25.6. The molecule has 100 valence electrons. The van der Waals surface area contributed by atoms with Gasteiger partial charge in [-0.05, 0) is 31.4 Å². The second-order valence-corrected chi connectivity index (χ2v) is 5.13. The predicted molar refractivity (Wildman–Crippen MR) is 72.9 cm³/mol. The Morgan fingerprint density at radius 2 is 2.05 bits per heavy atom. The van der Waals surface area contributed by atoms with Gasteiger partial charge in [-0.2, -0.15) is 0 Å². The van der Waals surface area contributed by atoms with Crippen molar-refractivity contribution in [2.45, 2.75) is 31.8 Å². The number of nitrogens with zero attached hydrogens (tertiary/aromatic N) is 3. The van der Waals surface area contributed by atoms with Gasteiger partial charge in [0, 0.05) is 18.8 Å². The van der Waals surface area contributed by atoms with Crippen molar-refractivity contribution in [3.63, 3.8) is 0 Å². The molecule has 0 saturated carbocycles. The molecule has 1 aromatic rings. The highest BCUT2D eigenvalue weighted by atomic mass is 16.1. The Morgan fingerprint density at radius 3 is 2.79 bits per heavy atom. The van der Waals surface area contributed by atoms with Gasteiger partial charge >= 0.3 is 0 Å². The Hall–Kier alpha value is -1.91.